The molecule has 0 bridgehead atoms. The van der Waals surface area contributed by atoms with Crippen LogP contribution < -0.4 is 0 Å². The monoisotopic (exact) mass is 751 g/mol. The average Bonchev–Trinajstić information content (AvgIpc) is 2.68. The maximum Gasteiger partial charge on any atom is 0.460 e. The van der Waals surface area contributed by atoms with Gasteiger partial charge in [0, 0.05) is 46.9 Å². The molecule has 0 saturated heterocycles. The number of rotatable bonds is 12. The summed E-state index contributed by atoms with van der Waals surface area (Å²) >= 11 is 0. The molecule has 24 heteroatoms. The van der Waals surface area contributed by atoms with Crippen LogP contribution in [0.3, 0.4) is 0 Å². The quantitative estimate of drug-likeness (QED) is 0.110. The maximum atomic E-state index is 13.7. The predicted molar refractivity (Wildman–Crippen MR) is 83.6 cm³/mol. The van der Waals surface area contributed by atoms with Crippen LogP contribution in [-0.2, 0) is 19.6 Å². The molecule has 0 unspecified atom stereocenters. The van der Waals surface area contributed by atoms with Crippen LogP contribution in [0.4, 0.5) is 74.6 Å². The van der Waals surface area contributed by atoms with Gasteiger partial charge >= 0.3 is 52.9 Å². The van der Waals surface area contributed by atoms with Crippen molar-refractivity contribution in [2.24, 2.45) is 0 Å². The van der Waals surface area contributed by atoms with Crippen molar-refractivity contribution < 1.29 is 134 Å². The summed E-state index contributed by atoms with van der Waals surface area (Å²) in [6.07, 6.45) is -7.91. The fourth-order valence-electron chi connectivity index (χ4n) is 1.81. The van der Waals surface area contributed by atoms with Crippen LogP contribution in [-0.4, -0.2) is 74.5 Å². The van der Waals surface area contributed by atoms with E-state index < -0.39 is 81.7 Å². The van der Waals surface area contributed by atoms with Crippen LogP contribution in [0.2, 0.25) is 0 Å². The number of sulfonamides is 1. The van der Waals surface area contributed by atoms with Gasteiger partial charge in [-0.05, 0) is 6.92 Å². The van der Waals surface area contributed by atoms with E-state index in [0.29, 0.717) is 0 Å². The zero-order valence-electron chi connectivity index (χ0n) is 17.6. The Hall–Kier alpha value is -0.706. The zero-order valence-corrected chi connectivity index (χ0v) is 22.1. The van der Waals surface area contributed by atoms with E-state index in [-0.39, 0.29) is 41.3 Å². The molecule has 0 aromatic heterocycles. The van der Waals surface area contributed by atoms with Crippen molar-refractivity contribution in [2.75, 3.05) is 13.2 Å². The molecule has 0 fully saturated rings. The summed E-state index contributed by atoms with van der Waals surface area (Å²) in [5, 5.41) is -7.73. The smallest absolute Gasteiger partial charge is 0.460 e. The molecule has 223 valence electrons. The maximum absolute atomic E-state index is 13.7. The van der Waals surface area contributed by atoms with Crippen molar-refractivity contribution in [3.05, 3.63) is 16.9 Å². The summed E-state index contributed by atoms with van der Waals surface area (Å²) in [7, 11) is -7.56. The van der Waals surface area contributed by atoms with E-state index in [4.69, 9.17) is 0 Å². The zero-order chi connectivity index (χ0) is 30.5. The van der Waals surface area contributed by atoms with Crippen LogP contribution in [0.1, 0.15) is 6.92 Å². The minimum Gasteiger partial charge on any atom is -0.541 e. The second-order valence-electron chi connectivity index (χ2n) is 6.70. The molecule has 0 atom stereocenters. The first kappa shape index (κ1) is 39.4. The van der Waals surface area contributed by atoms with E-state index in [0.717, 1.165) is 6.92 Å². The molecular formula is C14H9F17NO4PrS-. The fourth-order valence-corrected chi connectivity index (χ4v) is 2.74. The summed E-state index contributed by atoms with van der Waals surface area (Å²) in [6.45, 7) is 0.637. The Balaban J connectivity index is 0. The van der Waals surface area contributed by atoms with E-state index in [2.05, 4.69) is 11.3 Å². The van der Waals surface area contributed by atoms with Crippen LogP contribution >= 0.6 is 0 Å². The van der Waals surface area contributed by atoms with Gasteiger partial charge in [-0.1, -0.05) is 6.58 Å². The van der Waals surface area contributed by atoms with Crippen molar-refractivity contribution in [3.8, 4) is 0 Å². The largest absolute Gasteiger partial charge is 0.541 e. The second kappa shape index (κ2) is 11.3. The fraction of sp³-hybridized carbons (Fsp3) is 0.786. The standard InChI is InChI=1S/C14H9F17NO4S.Pr/c1-5(2)6(33)36-4-3-32-37(34,35)14(30,31)12(25,26)10(21,22)8(17,18)7(15,16)9(19,20)11(23,24)13(27,28)29;/h1,3-4H2,2H3;/q-1;. The number of halogens is 17. The van der Waals surface area contributed by atoms with Crippen molar-refractivity contribution in [3.63, 3.8) is 0 Å². The second-order valence-corrected chi connectivity index (χ2v) is 8.43. The summed E-state index contributed by atoms with van der Waals surface area (Å²) in [4.78, 5) is 11.0. The molecule has 38 heavy (non-hydrogen) atoms. The van der Waals surface area contributed by atoms with Crippen LogP contribution in [0.25, 0.3) is 4.72 Å². The molecule has 0 spiro atoms. The van der Waals surface area contributed by atoms with E-state index in [1.807, 2.05) is 0 Å². The molecule has 0 aliphatic rings. The van der Waals surface area contributed by atoms with Crippen molar-refractivity contribution in [2.45, 2.75) is 53.9 Å². The van der Waals surface area contributed by atoms with Crippen molar-refractivity contribution in [1.82, 2.24) is 0 Å². The third-order valence-corrected chi connectivity index (χ3v) is 5.38. The van der Waals surface area contributed by atoms with E-state index in [9.17, 15) is 87.8 Å². The van der Waals surface area contributed by atoms with Crippen molar-refractivity contribution >= 4 is 16.0 Å². The number of hydrogen-bond acceptors (Lipinski definition) is 4. The minimum absolute atomic E-state index is 0. The van der Waals surface area contributed by atoms with Gasteiger partial charge in [-0.3, -0.25) is 0 Å². The number of esters is 1. The van der Waals surface area contributed by atoms with Crippen LogP contribution in [0, 0.1) is 41.3 Å². The number of ether oxygens (including phenoxy) is 1. The molecule has 0 aromatic carbocycles. The van der Waals surface area contributed by atoms with E-state index in [1.54, 1.807) is 4.72 Å². The average molecular weight is 751 g/mol. The van der Waals surface area contributed by atoms with Gasteiger partial charge < -0.3 is 9.46 Å². The Bertz CT molecular complexity index is 993. The first-order valence-corrected chi connectivity index (χ1v) is 9.74. The van der Waals surface area contributed by atoms with Gasteiger partial charge in [0.2, 0.25) is 0 Å². The summed E-state index contributed by atoms with van der Waals surface area (Å²) < 4.78 is 251. The normalized spacial score (nSPS) is 15.1. The summed E-state index contributed by atoms with van der Waals surface area (Å²) in [5.74, 6) is -53.5. The molecular weight excluding hydrogens is 742 g/mol. The predicted octanol–water partition coefficient (Wildman–Crippen LogP) is 5.78. The Morgan fingerprint density at radius 1 is 0.684 bits per heavy atom. The number of carbonyl (C=O) groups is 1. The third-order valence-electron chi connectivity index (χ3n) is 3.95. The van der Waals surface area contributed by atoms with Gasteiger partial charge in [0.25, 0.3) is 0 Å². The molecule has 5 nitrogen and oxygen atoms in total. The van der Waals surface area contributed by atoms with E-state index >= 15 is 0 Å². The number of carbonyl (C=O) groups excluding carboxylic acids is 1. The number of hydrogen-bond donors (Lipinski definition) is 0. The molecule has 0 aliphatic carbocycles. The first-order valence-electron chi connectivity index (χ1n) is 8.30. The van der Waals surface area contributed by atoms with Gasteiger partial charge in [-0.15, -0.1) is 6.54 Å². The first-order chi connectivity index (χ1) is 15.8. The minimum atomic E-state index is -8.92. The summed E-state index contributed by atoms with van der Waals surface area (Å²) in [6, 6.07) is 0. The SMILES string of the molecule is C=C(C)C(=O)OCC[N-]S(=O)(=O)C(F)(F)C(F)(F)C(F)(F)C(F)(F)C(F)(F)C(F)(F)C(F)(F)C(F)(F)F.[Pr]. The van der Waals surface area contributed by atoms with Gasteiger partial charge in [0.05, 0.1) is 6.61 Å². The van der Waals surface area contributed by atoms with Crippen LogP contribution in [0.5, 0.6) is 0 Å². The Kier molecular flexibility index (Phi) is 11.7. The number of alkyl halides is 17. The molecule has 0 N–H and O–H groups in total. The molecule has 0 aromatic rings. The molecule has 0 aliphatic heterocycles. The van der Waals surface area contributed by atoms with Gasteiger partial charge in [-0.25, -0.2) is 13.2 Å². The van der Waals surface area contributed by atoms with Crippen LogP contribution in [0.15, 0.2) is 12.2 Å². The summed E-state index contributed by atoms with van der Waals surface area (Å²) in [5.41, 5.74) is -0.435. The Labute approximate surface area is 233 Å². The third kappa shape index (κ3) is 5.98. The van der Waals surface area contributed by atoms with Gasteiger partial charge in [0.1, 0.15) is 10.0 Å². The molecule has 0 heterocycles. The molecule has 0 saturated carbocycles. The molecule has 1 radical (unpaired) electrons. The van der Waals surface area contributed by atoms with Crippen molar-refractivity contribution in [1.29, 1.82) is 0 Å². The molecule has 0 amide bonds. The Morgan fingerprint density at radius 3 is 1.32 bits per heavy atom. The van der Waals surface area contributed by atoms with Gasteiger partial charge in [-0.2, -0.15) is 74.6 Å². The molecule has 0 rings (SSSR count). The van der Waals surface area contributed by atoms with E-state index in [1.165, 1.54) is 0 Å². The Morgan fingerprint density at radius 2 is 1.00 bits per heavy atom. The number of nitrogens with zero attached hydrogens (tertiary/aromatic N) is 1. The topological polar surface area (TPSA) is 74.5 Å². The van der Waals surface area contributed by atoms with Gasteiger partial charge in [0.15, 0.2) is 0 Å².